The van der Waals surface area contributed by atoms with Crippen molar-refractivity contribution >= 4 is 23.5 Å². The van der Waals surface area contributed by atoms with E-state index in [0.717, 1.165) is 0 Å². The first-order valence-electron chi connectivity index (χ1n) is 8.12. The molecule has 3 rings (SSSR count). The molecule has 0 bridgehead atoms. The molecule has 1 unspecified atom stereocenters. The lowest BCUT2D eigenvalue weighted by Gasteiger charge is -2.35. The number of carbonyl (C=O) groups is 2. The highest BCUT2D eigenvalue weighted by Gasteiger charge is 2.33. The summed E-state index contributed by atoms with van der Waals surface area (Å²) in [5, 5.41) is 0. The number of rotatable bonds is 2. The summed E-state index contributed by atoms with van der Waals surface area (Å²) in [7, 11) is 0. The summed E-state index contributed by atoms with van der Waals surface area (Å²) in [4.78, 5) is 43.5. The third-order valence-corrected chi connectivity index (χ3v) is 4.14. The van der Waals surface area contributed by atoms with Gasteiger partial charge in [-0.3, -0.25) is 14.6 Å². The summed E-state index contributed by atoms with van der Waals surface area (Å²) in [5.74, 6) is -0.949. The molecule has 2 aliphatic rings. The van der Waals surface area contributed by atoms with Crippen LogP contribution >= 0.6 is 0 Å². The largest absolute Gasteiger partial charge is 0.337 e. The summed E-state index contributed by atoms with van der Waals surface area (Å²) >= 11 is 0. The standard InChI is InChI=1S/C16H19FN6O2/c1-10(2)13-12(17)14(24)21-16(20-13)23-7-5-22(6-8-23)15(25)11-9-18-3-4-19-11/h3-4,9-10,12H,5-8H2,1-2H3. The summed E-state index contributed by atoms with van der Waals surface area (Å²) in [6.07, 6.45) is 2.65. The van der Waals surface area contributed by atoms with Gasteiger partial charge in [0.2, 0.25) is 12.1 Å². The van der Waals surface area contributed by atoms with E-state index in [1.54, 1.807) is 23.6 Å². The number of hydrogen-bond donors (Lipinski definition) is 0. The van der Waals surface area contributed by atoms with Crippen molar-refractivity contribution in [2.75, 3.05) is 26.2 Å². The van der Waals surface area contributed by atoms with Gasteiger partial charge in [0.25, 0.3) is 11.8 Å². The predicted molar refractivity (Wildman–Crippen MR) is 89.1 cm³/mol. The zero-order valence-electron chi connectivity index (χ0n) is 14.1. The molecule has 1 atom stereocenters. The Morgan fingerprint density at radius 1 is 1.20 bits per heavy atom. The fourth-order valence-corrected chi connectivity index (χ4v) is 2.72. The van der Waals surface area contributed by atoms with Crippen LogP contribution in [-0.4, -0.2) is 75.6 Å². The second-order valence-electron chi connectivity index (χ2n) is 6.17. The van der Waals surface area contributed by atoms with Crippen LogP contribution in [0, 0.1) is 5.92 Å². The number of halogens is 1. The van der Waals surface area contributed by atoms with Gasteiger partial charge in [-0.05, 0) is 5.92 Å². The lowest BCUT2D eigenvalue weighted by molar-refractivity contribution is -0.120. The quantitative estimate of drug-likeness (QED) is 0.781. The van der Waals surface area contributed by atoms with Crippen molar-refractivity contribution in [2.24, 2.45) is 15.9 Å². The fraction of sp³-hybridized carbons (Fsp3) is 0.500. The van der Waals surface area contributed by atoms with Crippen molar-refractivity contribution in [2.45, 2.75) is 20.0 Å². The SMILES string of the molecule is CC(C)C1=NC(N2CCN(C(=O)c3cnccn3)CC2)=NC(=O)C1F. The third-order valence-electron chi connectivity index (χ3n) is 4.14. The Kier molecular flexibility index (Phi) is 4.82. The number of amides is 2. The second kappa shape index (κ2) is 7.04. The highest BCUT2D eigenvalue weighted by Crippen LogP contribution is 2.16. The minimum absolute atomic E-state index is 0.177. The van der Waals surface area contributed by atoms with Gasteiger partial charge in [0.1, 0.15) is 5.69 Å². The van der Waals surface area contributed by atoms with Crippen LogP contribution in [0.3, 0.4) is 0 Å². The molecule has 1 saturated heterocycles. The molecule has 0 aromatic carbocycles. The Balaban J connectivity index is 1.67. The van der Waals surface area contributed by atoms with Gasteiger partial charge < -0.3 is 9.80 Å². The number of aromatic nitrogens is 2. The summed E-state index contributed by atoms with van der Waals surface area (Å²) in [6.45, 7) is 5.38. The van der Waals surface area contributed by atoms with Crippen LogP contribution in [0.5, 0.6) is 0 Å². The molecule has 9 heteroatoms. The normalized spacial score (nSPS) is 21.3. The van der Waals surface area contributed by atoms with Crippen molar-refractivity contribution in [1.29, 1.82) is 0 Å². The smallest absolute Gasteiger partial charge is 0.289 e. The molecule has 2 aliphatic heterocycles. The van der Waals surface area contributed by atoms with Gasteiger partial charge in [-0.2, -0.15) is 4.99 Å². The maximum atomic E-state index is 13.9. The Labute approximate surface area is 144 Å². The molecule has 0 saturated carbocycles. The van der Waals surface area contributed by atoms with Gasteiger partial charge in [-0.15, -0.1) is 0 Å². The number of hydrogen-bond acceptors (Lipinski definition) is 6. The molecule has 1 aromatic heterocycles. The maximum Gasteiger partial charge on any atom is 0.289 e. The van der Waals surface area contributed by atoms with Crippen LogP contribution in [0.4, 0.5) is 4.39 Å². The Bertz CT molecular complexity index is 725. The molecule has 1 fully saturated rings. The maximum absolute atomic E-state index is 13.9. The predicted octanol–water partition coefficient (Wildman–Crippen LogP) is 0.566. The molecule has 0 aliphatic carbocycles. The molecular formula is C16H19FN6O2. The first-order valence-corrected chi connectivity index (χ1v) is 8.12. The number of carbonyl (C=O) groups excluding carboxylic acids is 2. The van der Waals surface area contributed by atoms with Crippen molar-refractivity contribution in [3.8, 4) is 0 Å². The summed E-state index contributed by atoms with van der Waals surface area (Å²) in [6, 6.07) is 0. The van der Waals surface area contributed by atoms with Crippen molar-refractivity contribution in [3.05, 3.63) is 24.3 Å². The first-order chi connectivity index (χ1) is 12.0. The summed E-state index contributed by atoms with van der Waals surface area (Å²) < 4.78 is 13.9. The van der Waals surface area contributed by atoms with E-state index in [-0.39, 0.29) is 23.5 Å². The number of piperazine rings is 1. The molecule has 25 heavy (non-hydrogen) atoms. The number of aliphatic imine (C=N–C) groups is 2. The van der Waals surface area contributed by atoms with E-state index >= 15 is 0 Å². The molecule has 0 radical (unpaired) electrons. The van der Waals surface area contributed by atoms with Crippen LogP contribution in [0.2, 0.25) is 0 Å². The van der Waals surface area contributed by atoms with Crippen molar-refractivity contribution in [1.82, 2.24) is 19.8 Å². The van der Waals surface area contributed by atoms with Gasteiger partial charge in [-0.25, -0.2) is 14.4 Å². The topological polar surface area (TPSA) is 91.1 Å². The van der Waals surface area contributed by atoms with Crippen LogP contribution < -0.4 is 0 Å². The average molecular weight is 346 g/mol. The van der Waals surface area contributed by atoms with Crippen molar-refractivity contribution in [3.63, 3.8) is 0 Å². The zero-order valence-corrected chi connectivity index (χ0v) is 14.1. The first kappa shape index (κ1) is 17.1. The number of nitrogens with zero attached hydrogens (tertiary/aromatic N) is 6. The van der Waals surface area contributed by atoms with Gasteiger partial charge >= 0.3 is 0 Å². The lowest BCUT2D eigenvalue weighted by atomic mass is 10.0. The molecule has 3 heterocycles. The van der Waals surface area contributed by atoms with Crippen LogP contribution in [-0.2, 0) is 4.79 Å². The van der Waals surface area contributed by atoms with Gasteiger partial charge in [0.15, 0.2) is 0 Å². The zero-order chi connectivity index (χ0) is 18.0. The highest BCUT2D eigenvalue weighted by atomic mass is 19.1. The van der Waals surface area contributed by atoms with Crippen LogP contribution in [0.15, 0.2) is 28.6 Å². The third kappa shape index (κ3) is 3.54. The Hall–Kier alpha value is -2.71. The number of alkyl halides is 1. The van der Waals surface area contributed by atoms with Gasteiger partial charge in [0, 0.05) is 38.6 Å². The van der Waals surface area contributed by atoms with Gasteiger partial charge in [-0.1, -0.05) is 13.8 Å². The molecule has 0 spiro atoms. The average Bonchev–Trinajstić information content (AvgIpc) is 2.64. The van der Waals surface area contributed by atoms with Crippen LogP contribution in [0.25, 0.3) is 0 Å². The van der Waals surface area contributed by atoms with E-state index in [1.807, 2.05) is 0 Å². The molecule has 0 N–H and O–H groups in total. The van der Waals surface area contributed by atoms with E-state index in [1.165, 1.54) is 18.6 Å². The summed E-state index contributed by atoms with van der Waals surface area (Å²) in [5.41, 5.74) is 0.495. The molecule has 132 valence electrons. The second-order valence-corrected chi connectivity index (χ2v) is 6.17. The van der Waals surface area contributed by atoms with E-state index in [0.29, 0.717) is 31.9 Å². The lowest BCUT2D eigenvalue weighted by Crippen LogP contribution is -2.51. The number of guanidine groups is 1. The minimum atomic E-state index is -1.76. The van der Waals surface area contributed by atoms with Crippen LogP contribution in [0.1, 0.15) is 24.3 Å². The van der Waals surface area contributed by atoms with E-state index < -0.39 is 12.1 Å². The molecule has 8 nitrogen and oxygen atoms in total. The Morgan fingerprint density at radius 3 is 2.52 bits per heavy atom. The van der Waals surface area contributed by atoms with E-state index in [4.69, 9.17) is 0 Å². The Morgan fingerprint density at radius 2 is 1.92 bits per heavy atom. The van der Waals surface area contributed by atoms with E-state index in [2.05, 4.69) is 20.0 Å². The molecular weight excluding hydrogens is 327 g/mol. The molecule has 2 amide bonds. The van der Waals surface area contributed by atoms with E-state index in [9.17, 15) is 14.0 Å². The molecule has 1 aromatic rings. The minimum Gasteiger partial charge on any atom is -0.337 e. The fourth-order valence-electron chi connectivity index (χ4n) is 2.72. The monoisotopic (exact) mass is 346 g/mol. The van der Waals surface area contributed by atoms with Crippen molar-refractivity contribution < 1.29 is 14.0 Å². The van der Waals surface area contributed by atoms with Gasteiger partial charge in [0.05, 0.1) is 11.9 Å². The highest BCUT2D eigenvalue weighted by molar-refractivity contribution is 6.18.